The highest BCUT2D eigenvalue weighted by atomic mass is 16.5. The van der Waals surface area contributed by atoms with Crippen LogP contribution in [0.3, 0.4) is 0 Å². The van der Waals surface area contributed by atoms with Crippen molar-refractivity contribution >= 4 is 5.97 Å². The van der Waals surface area contributed by atoms with Crippen molar-refractivity contribution in [3.05, 3.63) is 0 Å². The molecule has 0 aromatic heterocycles. The highest BCUT2D eigenvalue weighted by Crippen LogP contribution is 2.37. The predicted molar refractivity (Wildman–Crippen MR) is 67.1 cm³/mol. The molecule has 1 aliphatic carbocycles. The Labute approximate surface area is 104 Å². The maximum absolute atomic E-state index is 11.7. The quantitative estimate of drug-likeness (QED) is 0.802. The molecule has 1 N–H and O–H groups in total. The fraction of sp³-hybridized carbons (Fsp3) is 0.923. The second-order valence-corrected chi connectivity index (χ2v) is 5.43. The first kappa shape index (κ1) is 14.5. The third kappa shape index (κ3) is 2.99. The molecule has 4 nitrogen and oxygen atoms in total. The van der Waals surface area contributed by atoms with Gasteiger partial charge in [-0.25, -0.2) is 0 Å². The summed E-state index contributed by atoms with van der Waals surface area (Å²) < 4.78 is 5.13. The molecule has 1 unspecified atom stereocenters. The van der Waals surface area contributed by atoms with Gasteiger partial charge < -0.3 is 9.84 Å². The number of hydrogen-bond donors (Lipinski definition) is 1. The third-order valence-electron chi connectivity index (χ3n) is 4.24. The lowest BCUT2D eigenvalue weighted by molar-refractivity contribution is -0.156. The largest absolute Gasteiger partial charge is 0.480 e. The molecule has 0 aliphatic heterocycles. The molecule has 1 rings (SSSR count). The first-order chi connectivity index (χ1) is 7.94. The van der Waals surface area contributed by atoms with Crippen molar-refractivity contribution in [2.45, 2.75) is 51.1 Å². The van der Waals surface area contributed by atoms with Crippen LogP contribution in [0.1, 0.15) is 39.5 Å². The van der Waals surface area contributed by atoms with Gasteiger partial charge in [0.25, 0.3) is 0 Å². The van der Waals surface area contributed by atoms with E-state index < -0.39 is 11.5 Å². The molecule has 1 atom stereocenters. The number of hydrogen-bond acceptors (Lipinski definition) is 3. The van der Waals surface area contributed by atoms with Crippen molar-refractivity contribution in [1.29, 1.82) is 0 Å². The smallest absolute Gasteiger partial charge is 0.324 e. The lowest BCUT2D eigenvalue weighted by Crippen LogP contribution is -2.58. The van der Waals surface area contributed by atoms with Crippen LogP contribution < -0.4 is 0 Å². The van der Waals surface area contributed by atoms with E-state index in [0.717, 1.165) is 25.7 Å². The van der Waals surface area contributed by atoms with Gasteiger partial charge in [-0.2, -0.15) is 0 Å². The van der Waals surface area contributed by atoms with Crippen LogP contribution in [0.4, 0.5) is 0 Å². The van der Waals surface area contributed by atoms with Gasteiger partial charge in [-0.15, -0.1) is 0 Å². The Balaban J connectivity index is 2.81. The molecule has 4 heteroatoms. The van der Waals surface area contributed by atoms with Crippen LogP contribution in [0.2, 0.25) is 0 Å². The number of carbonyl (C=O) groups is 1. The normalized spacial score (nSPS) is 31.5. The van der Waals surface area contributed by atoms with Crippen LogP contribution in [0.15, 0.2) is 0 Å². The summed E-state index contributed by atoms with van der Waals surface area (Å²) in [7, 11) is 3.56. The number of nitrogens with zero attached hydrogens (tertiary/aromatic N) is 1. The summed E-state index contributed by atoms with van der Waals surface area (Å²) in [5.41, 5.74) is -0.690. The van der Waals surface area contributed by atoms with Crippen molar-refractivity contribution in [2.75, 3.05) is 20.8 Å². The Bertz CT molecular complexity index is 259. The highest BCUT2D eigenvalue weighted by molar-refractivity contribution is 5.79. The molecule has 17 heavy (non-hydrogen) atoms. The van der Waals surface area contributed by atoms with Crippen molar-refractivity contribution in [1.82, 2.24) is 4.90 Å². The molecule has 1 aliphatic rings. The standard InChI is InChI=1S/C13H25NO3/c1-10-5-7-13(8-6-10,12(15)16)14(3)11(2)9-17-4/h10-11H,5-9H2,1-4H3,(H,15,16). The first-order valence-electron chi connectivity index (χ1n) is 6.39. The zero-order valence-electron chi connectivity index (χ0n) is 11.4. The van der Waals surface area contributed by atoms with Crippen molar-refractivity contribution in [3.63, 3.8) is 0 Å². The van der Waals surface area contributed by atoms with Gasteiger partial charge in [0.2, 0.25) is 0 Å². The van der Waals surface area contributed by atoms with Gasteiger partial charge in [0.05, 0.1) is 6.61 Å². The number of rotatable bonds is 5. The minimum absolute atomic E-state index is 0.129. The van der Waals surface area contributed by atoms with Gasteiger partial charge in [0, 0.05) is 13.2 Å². The van der Waals surface area contributed by atoms with Gasteiger partial charge in [0.1, 0.15) is 5.54 Å². The van der Waals surface area contributed by atoms with E-state index in [1.54, 1.807) is 7.11 Å². The summed E-state index contributed by atoms with van der Waals surface area (Å²) in [4.78, 5) is 13.6. The third-order valence-corrected chi connectivity index (χ3v) is 4.24. The molecule has 100 valence electrons. The molecule has 0 radical (unpaired) electrons. The summed E-state index contributed by atoms with van der Waals surface area (Å²) >= 11 is 0. The zero-order chi connectivity index (χ0) is 13.1. The van der Waals surface area contributed by atoms with Crippen molar-refractivity contribution < 1.29 is 14.6 Å². The molecule has 0 aromatic rings. The van der Waals surface area contributed by atoms with Gasteiger partial charge >= 0.3 is 5.97 Å². The number of ether oxygens (including phenoxy) is 1. The molecule has 0 heterocycles. The SMILES string of the molecule is COCC(C)N(C)C1(C(=O)O)CCC(C)CC1. The Morgan fingerprint density at radius 3 is 2.47 bits per heavy atom. The van der Waals surface area contributed by atoms with Crippen molar-refractivity contribution in [2.24, 2.45) is 5.92 Å². The molecular formula is C13H25NO3. The van der Waals surface area contributed by atoms with Crippen LogP contribution >= 0.6 is 0 Å². The predicted octanol–water partition coefficient (Wildman–Crippen LogP) is 1.99. The van der Waals surface area contributed by atoms with Crippen LogP contribution in [0.25, 0.3) is 0 Å². The maximum Gasteiger partial charge on any atom is 0.324 e. The molecule has 0 saturated heterocycles. The molecule has 0 amide bonds. The minimum atomic E-state index is -0.690. The minimum Gasteiger partial charge on any atom is -0.480 e. The Hall–Kier alpha value is -0.610. The number of aliphatic carboxylic acids is 1. The molecule has 0 spiro atoms. The van der Waals surface area contributed by atoms with Gasteiger partial charge in [0.15, 0.2) is 0 Å². The summed E-state index contributed by atoms with van der Waals surface area (Å²) in [5, 5.41) is 9.58. The summed E-state index contributed by atoms with van der Waals surface area (Å²) in [5.74, 6) is -0.0385. The van der Waals surface area contributed by atoms with E-state index in [-0.39, 0.29) is 6.04 Å². The van der Waals surface area contributed by atoms with E-state index in [1.165, 1.54) is 0 Å². The molecular weight excluding hydrogens is 218 g/mol. The Morgan fingerprint density at radius 1 is 1.53 bits per heavy atom. The fourth-order valence-electron chi connectivity index (χ4n) is 2.73. The summed E-state index contributed by atoms with van der Waals surface area (Å²) in [6.07, 6.45) is 3.48. The topological polar surface area (TPSA) is 49.8 Å². The number of methoxy groups -OCH3 is 1. The first-order valence-corrected chi connectivity index (χ1v) is 6.39. The number of carboxylic acids is 1. The second-order valence-electron chi connectivity index (χ2n) is 5.43. The van der Waals surface area contributed by atoms with Gasteiger partial charge in [-0.05, 0) is 45.6 Å². The Kier molecular flexibility index (Phi) is 4.95. The van der Waals surface area contributed by atoms with E-state index in [9.17, 15) is 9.90 Å². The van der Waals surface area contributed by atoms with Crippen LogP contribution in [-0.2, 0) is 9.53 Å². The van der Waals surface area contributed by atoms with Crippen LogP contribution in [0, 0.1) is 5.92 Å². The van der Waals surface area contributed by atoms with E-state index in [4.69, 9.17) is 4.74 Å². The van der Waals surface area contributed by atoms with Gasteiger partial charge in [-0.3, -0.25) is 9.69 Å². The van der Waals surface area contributed by atoms with Crippen LogP contribution in [-0.4, -0.2) is 48.3 Å². The fourth-order valence-corrected chi connectivity index (χ4v) is 2.73. The van der Waals surface area contributed by atoms with Gasteiger partial charge in [-0.1, -0.05) is 6.92 Å². The maximum atomic E-state index is 11.7. The molecule has 0 aromatic carbocycles. The van der Waals surface area contributed by atoms with E-state index in [2.05, 4.69) is 6.92 Å². The highest BCUT2D eigenvalue weighted by Gasteiger charge is 2.45. The van der Waals surface area contributed by atoms with E-state index in [0.29, 0.717) is 12.5 Å². The molecule has 1 fully saturated rings. The summed E-state index contributed by atoms with van der Waals surface area (Å²) in [6.45, 7) is 4.79. The average Bonchev–Trinajstić information content (AvgIpc) is 2.29. The van der Waals surface area contributed by atoms with Crippen LogP contribution in [0.5, 0.6) is 0 Å². The lowest BCUT2D eigenvalue weighted by atomic mass is 9.75. The molecule has 1 saturated carbocycles. The zero-order valence-corrected chi connectivity index (χ0v) is 11.4. The molecule has 0 bridgehead atoms. The van der Waals surface area contributed by atoms with E-state index in [1.807, 2.05) is 18.9 Å². The lowest BCUT2D eigenvalue weighted by Gasteiger charge is -2.45. The Morgan fingerprint density at radius 2 is 2.06 bits per heavy atom. The number of likely N-dealkylation sites (N-methyl/N-ethyl adjacent to an activating group) is 1. The van der Waals surface area contributed by atoms with Crippen molar-refractivity contribution in [3.8, 4) is 0 Å². The number of carboxylic acid groups (broad SMARTS) is 1. The monoisotopic (exact) mass is 243 g/mol. The second kappa shape index (κ2) is 5.83. The van der Waals surface area contributed by atoms with E-state index >= 15 is 0 Å². The summed E-state index contributed by atoms with van der Waals surface area (Å²) in [6, 6.07) is 0.129. The average molecular weight is 243 g/mol.